The van der Waals surface area contributed by atoms with Crippen molar-refractivity contribution in [3.8, 4) is 0 Å². The number of nitrogens with zero attached hydrogens (tertiary/aromatic N) is 5. The quantitative estimate of drug-likeness (QED) is 0.0131. The Hall–Kier alpha value is -13.5. The van der Waals surface area contributed by atoms with Crippen molar-refractivity contribution in [2.24, 2.45) is 29.0 Å². The number of hydrogen-bond donors (Lipinski definition) is 20. The predicted molar refractivity (Wildman–Crippen MR) is 510 cm³/mol. The lowest BCUT2D eigenvalue weighted by molar-refractivity contribution is -0.149. The maximum atomic E-state index is 15.9. The van der Waals surface area contributed by atoms with Gasteiger partial charge in [0.2, 0.25) is 100 Å². The van der Waals surface area contributed by atoms with Crippen LogP contribution in [0.25, 0.3) is 21.8 Å². The SMILES string of the molecule is CCCC[C@@H](C(=O)N(C)[C@@H](CCCC)C(=O)N[C@@H](CC(C)C)C(=O)N[C@@H](CSCC(=O)N[C@@H](Cc1ccccc1)C(=O)N(C)CC)C(=O)NCC(N)=O)N(C)C(=O)[C@H](Cc1c[nH]c2ccccc12)NC(=O)[C@H](CCCNC(=N)N)NC(=O)[C@H](Cc1c[nH]c2ccccc12)NC(=O)[C@H](CO)NC(=O)[C@H](CC(C)C)NC(=O)[C@H](Cc1cnc[nH]1)NC(=O)[C@@H]1CCCN1C(=O)[C@H](CC(N)=O)NC(C)=O. The molecular weight excluding hydrogens is 1770 g/mol. The smallest absolute Gasteiger partial charge is 0.246 e. The molecule has 23 N–H and O–H groups in total. The molecule has 1 fully saturated rings. The number of thioether (sulfide) groups is 1. The number of aromatic nitrogens is 4. The van der Waals surface area contributed by atoms with Crippen LogP contribution in [0.5, 0.6) is 0 Å². The summed E-state index contributed by atoms with van der Waals surface area (Å²) >= 11 is 0.953. The van der Waals surface area contributed by atoms with Crippen molar-refractivity contribution in [1.82, 2.24) is 103 Å². The van der Waals surface area contributed by atoms with E-state index in [2.05, 4.69) is 83.7 Å². The molecule has 136 heavy (non-hydrogen) atoms. The molecule has 1 saturated heterocycles. The van der Waals surface area contributed by atoms with E-state index in [1.807, 2.05) is 44.2 Å². The van der Waals surface area contributed by atoms with Crippen LogP contribution in [0, 0.1) is 17.2 Å². The molecule has 17 amide bonds. The van der Waals surface area contributed by atoms with Crippen molar-refractivity contribution < 1.29 is 86.6 Å². The summed E-state index contributed by atoms with van der Waals surface area (Å²) < 4.78 is 0. The first-order chi connectivity index (χ1) is 64.7. The number of likely N-dealkylation sites (tertiary alicyclic amines) is 1. The zero-order valence-electron chi connectivity index (χ0n) is 79.2. The van der Waals surface area contributed by atoms with E-state index in [9.17, 15) is 62.6 Å². The fraction of sp³-hybridized carbons (Fsp3) is 0.538. The molecule has 0 aliphatic carbocycles. The first-order valence-corrected chi connectivity index (χ1v) is 47.2. The Bertz CT molecular complexity index is 5070. The maximum Gasteiger partial charge on any atom is 0.246 e. The monoisotopic (exact) mass is 1910 g/mol. The van der Waals surface area contributed by atoms with Gasteiger partial charge in [0.25, 0.3) is 0 Å². The molecular formula is C93H136N24O18S. The summed E-state index contributed by atoms with van der Waals surface area (Å²) in [7, 11) is 4.41. The van der Waals surface area contributed by atoms with Crippen molar-refractivity contribution in [2.45, 2.75) is 243 Å². The topological polar surface area (TPSA) is 630 Å². The number of fused-ring (bicyclic) bond motifs is 2. The molecule has 7 rings (SSSR count). The fourth-order valence-corrected chi connectivity index (χ4v) is 16.9. The zero-order valence-corrected chi connectivity index (χ0v) is 80.0. The Labute approximate surface area is 795 Å². The molecule has 1 aliphatic heterocycles. The fourth-order valence-electron chi connectivity index (χ4n) is 16.0. The normalized spacial score (nSPS) is 15.0. The van der Waals surface area contributed by atoms with Crippen LogP contribution in [-0.4, -0.2) is 295 Å². The van der Waals surface area contributed by atoms with Gasteiger partial charge in [-0.25, -0.2) is 4.98 Å². The number of H-pyrrole nitrogens is 3. The first-order valence-electron chi connectivity index (χ1n) is 46.1. The number of para-hydroxylation sites is 2. The van der Waals surface area contributed by atoms with Crippen molar-refractivity contribution >= 4 is 140 Å². The van der Waals surface area contributed by atoms with Gasteiger partial charge in [-0.2, -0.15) is 0 Å². The predicted octanol–water partition coefficient (Wildman–Crippen LogP) is -0.428. The molecule has 0 saturated carbocycles. The molecule has 0 spiro atoms. The van der Waals surface area contributed by atoms with Crippen LogP contribution in [-0.2, 0) is 107 Å². The van der Waals surface area contributed by atoms with Crippen LogP contribution in [0.3, 0.4) is 0 Å². The highest BCUT2D eigenvalue weighted by atomic mass is 32.2. The highest BCUT2D eigenvalue weighted by Crippen LogP contribution is 2.26. The Morgan fingerprint density at radius 2 is 1.03 bits per heavy atom. The number of rotatable bonds is 57. The number of nitrogens with one attached hydrogen (secondary N) is 16. The highest BCUT2D eigenvalue weighted by Gasteiger charge is 2.43. The minimum atomic E-state index is -1.85. The number of benzene rings is 3. The van der Waals surface area contributed by atoms with E-state index in [4.69, 9.17) is 22.6 Å². The van der Waals surface area contributed by atoms with Gasteiger partial charge in [-0.05, 0) is 98.9 Å². The number of unbranched alkanes of at least 4 members (excludes halogenated alkanes) is 2. The van der Waals surface area contributed by atoms with E-state index in [0.717, 1.165) is 24.2 Å². The average molecular weight is 1910 g/mol. The van der Waals surface area contributed by atoms with Crippen LogP contribution in [0.4, 0.5) is 0 Å². The van der Waals surface area contributed by atoms with Gasteiger partial charge in [0.05, 0.1) is 31.7 Å². The van der Waals surface area contributed by atoms with Crippen LogP contribution < -0.4 is 81.0 Å². The van der Waals surface area contributed by atoms with E-state index in [1.165, 1.54) is 46.2 Å². The summed E-state index contributed by atoms with van der Waals surface area (Å²) in [6.45, 7) is 12.5. The van der Waals surface area contributed by atoms with Gasteiger partial charge in [0.15, 0.2) is 5.96 Å². The number of carbonyl (C=O) groups excluding carboxylic acids is 17. The van der Waals surface area contributed by atoms with Crippen molar-refractivity contribution in [3.63, 3.8) is 0 Å². The van der Waals surface area contributed by atoms with Gasteiger partial charge in [0, 0.05) is 125 Å². The second-order valence-corrected chi connectivity index (χ2v) is 36.0. The molecule has 0 radical (unpaired) electrons. The van der Waals surface area contributed by atoms with Gasteiger partial charge in [0.1, 0.15) is 78.5 Å². The first kappa shape index (κ1) is 110. The molecule has 13 atom stereocenters. The highest BCUT2D eigenvalue weighted by molar-refractivity contribution is 8.00. The number of hydrogen-bond acceptors (Lipinski definition) is 21. The Morgan fingerprint density at radius 1 is 0.522 bits per heavy atom. The Kier molecular flexibility index (Phi) is 44.1. The maximum absolute atomic E-state index is 15.9. The third kappa shape index (κ3) is 33.9. The Morgan fingerprint density at radius 3 is 1.58 bits per heavy atom. The van der Waals surface area contributed by atoms with E-state index in [-0.39, 0.29) is 113 Å². The number of primary amides is 2. The lowest BCUT2D eigenvalue weighted by atomic mass is 9.99. The minimum Gasteiger partial charge on any atom is -0.394 e. The number of likely N-dealkylation sites (N-methyl/N-ethyl adjacent to an activating group) is 3. The summed E-state index contributed by atoms with van der Waals surface area (Å²) in [6, 6.07) is 4.87. The lowest BCUT2D eigenvalue weighted by Crippen LogP contribution is -2.62. The number of aliphatic hydroxyl groups excluding tert-OH is 1. The molecule has 1 aliphatic rings. The molecule has 742 valence electrons. The molecule has 43 heteroatoms. The average Bonchev–Trinajstić information content (AvgIpc) is 1.51. The van der Waals surface area contributed by atoms with Gasteiger partial charge < -0.3 is 121 Å². The lowest BCUT2D eigenvalue weighted by Gasteiger charge is -2.36. The molecule has 0 unspecified atom stereocenters. The minimum absolute atomic E-state index is 0.00946. The number of amides is 17. The largest absolute Gasteiger partial charge is 0.394 e. The van der Waals surface area contributed by atoms with E-state index >= 15 is 24.0 Å². The zero-order chi connectivity index (χ0) is 100.0. The number of guanidine groups is 1. The molecule has 6 aromatic rings. The molecule has 42 nitrogen and oxygen atoms in total. The second kappa shape index (κ2) is 54.8. The number of nitrogens with two attached hydrogens (primary N) is 3. The van der Waals surface area contributed by atoms with E-state index in [0.29, 0.717) is 77.3 Å². The number of imidazole rings is 1. The van der Waals surface area contributed by atoms with Crippen molar-refractivity contribution in [1.29, 1.82) is 5.41 Å². The summed E-state index contributed by atoms with van der Waals surface area (Å²) in [6.07, 6.45) is 7.02. The number of carbonyl (C=O) groups is 17. The van der Waals surface area contributed by atoms with Gasteiger partial charge in [-0.15, -0.1) is 11.8 Å². The van der Waals surface area contributed by atoms with E-state index < -0.39 is 199 Å². The molecule has 4 heterocycles. The molecule has 3 aromatic heterocycles. The summed E-state index contributed by atoms with van der Waals surface area (Å²) in [5.41, 5.74) is 20.0. The number of aromatic amines is 3. The second-order valence-electron chi connectivity index (χ2n) is 35.0. The Balaban J connectivity index is 1.15. The van der Waals surface area contributed by atoms with Crippen LogP contribution >= 0.6 is 11.8 Å². The van der Waals surface area contributed by atoms with Crippen molar-refractivity contribution in [2.75, 3.05) is 65.4 Å². The third-order valence-corrected chi connectivity index (χ3v) is 24.4. The summed E-state index contributed by atoms with van der Waals surface area (Å²) in [4.78, 5) is 261. The summed E-state index contributed by atoms with van der Waals surface area (Å²) in [5.74, 6) is -15.2. The van der Waals surface area contributed by atoms with Crippen molar-refractivity contribution in [3.05, 3.63) is 126 Å². The van der Waals surface area contributed by atoms with Gasteiger partial charge in [-0.3, -0.25) is 86.9 Å². The van der Waals surface area contributed by atoms with Crippen LogP contribution in [0.2, 0.25) is 0 Å². The van der Waals surface area contributed by atoms with Crippen LogP contribution in [0.15, 0.2) is 104 Å². The number of aliphatic hydroxyl groups is 1. The molecule has 3 aromatic carbocycles. The standard InChI is InChI=1S/C93H136N24O18S/c1-12-15-33-74(87(130)109-66(39-54(6)7)83(126)113-73(80(123)102-48-78(95)121)50-136-51-79(122)105-69(89(132)114(9)14-3)40-56-26-18-17-19-27-56)115(10)92(135)76(34-16-13-2)116(11)90(133)70(42-58-46-101-63-31-23-21-29-61(58)63)111-81(124)64(32-24-36-99-93(96)97)106-84(127)67(41-57-45-100-62-30-22-20-28-60(57)62)108-86(129)72(49-118)112-82(125)65(38-53(4)5)107-85(128)68(43-59-47-98-52-103-59)110-88(131)75-35-25-37-117(75)91(134)71(44-77(94)120)104-55(8)119/h17-23,26-31,45-47,52-54,64-76,100-101,118H,12-16,24-25,32-44,48-51H2,1-11H3,(H2,94,120)(H2,95,121)(H,98,103)(H,102,123)(H,104,119)(H,105,122)(H,106,127)(H,107,128)(H,108,129)(H,109,130)(H,110,131)(H,111,124)(H,112,125)(H,113,126)(H4,96,97,99)/t64-,65-,66-,67-,68-,69-,70-,71-,72-,73-,74-,75-,76-/m0/s1. The van der Waals surface area contributed by atoms with Gasteiger partial charge in [-0.1, -0.05) is 134 Å². The third-order valence-electron chi connectivity index (χ3n) is 23.3. The molecule has 0 bridgehead atoms. The van der Waals surface area contributed by atoms with E-state index in [1.54, 1.807) is 103 Å². The van der Waals surface area contributed by atoms with Gasteiger partial charge >= 0.3 is 0 Å². The van der Waals surface area contributed by atoms with Crippen LogP contribution in [0.1, 0.15) is 161 Å². The summed E-state index contributed by atoms with van der Waals surface area (Å²) in [5, 5.41) is 52.4.